The number of carboxylic acids is 1. The van der Waals surface area contributed by atoms with E-state index in [0.29, 0.717) is 6.54 Å². The van der Waals surface area contributed by atoms with Gasteiger partial charge in [-0.1, -0.05) is 12.8 Å². The average Bonchev–Trinajstić information content (AvgIpc) is 3.07. The van der Waals surface area contributed by atoms with Crippen molar-refractivity contribution in [3.05, 3.63) is 0 Å². The average molecular weight is 244 g/mol. The molecule has 0 bridgehead atoms. The van der Waals surface area contributed by atoms with Gasteiger partial charge >= 0.3 is 12.0 Å². The first kappa shape index (κ1) is 13.8. The van der Waals surface area contributed by atoms with Crippen LogP contribution in [0.4, 0.5) is 4.79 Å². The highest BCUT2D eigenvalue weighted by molar-refractivity contribution is 5.74. The van der Waals surface area contributed by atoms with E-state index in [-0.39, 0.29) is 19.0 Å². The van der Waals surface area contributed by atoms with Crippen molar-refractivity contribution in [3.63, 3.8) is 0 Å². The highest BCUT2D eigenvalue weighted by Crippen LogP contribution is 2.31. The van der Waals surface area contributed by atoms with E-state index in [9.17, 15) is 9.59 Å². The zero-order valence-corrected chi connectivity index (χ0v) is 10.1. The Hall–Kier alpha value is -1.30. The van der Waals surface area contributed by atoms with Gasteiger partial charge in [-0.15, -0.1) is 0 Å². The van der Waals surface area contributed by atoms with E-state index in [1.54, 1.807) is 0 Å². The first-order valence-corrected chi connectivity index (χ1v) is 5.88. The van der Waals surface area contributed by atoms with Gasteiger partial charge in [-0.25, -0.2) is 4.79 Å². The number of carboxylic acid groups (broad SMARTS) is 1. The topological polar surface area (TPSA) is 87.7 Å². The van der Waals surface area contributed by atoms with Crippen molar-refractivity contribution >= 4 is 12.0 Å². The molecule has 1 atom stereocenters. The predicted octanol–water partition coefficient (Wildman–Crippen LogP) is 0.575. The minimum Gasteiger partial charge on any atom is -0.481 e. The van der Waals surface area contributed by atoms with Crippen LogP contribution in [0.1, 0.15) is 25.7 Å². The van der Waals surface area contributed by atoms with E-state index in [0.717, 1.165) is 12.3 Å². The fourth-order valence-electron chi connectivity index (χ4n) is 1.50. The van der Waals surface area contributed by atoms with Crippen LogP contribution in [-0.4, -0.2) is 43.4 Å². The molecule has 1 unspecified atom stereocenters. The summed E-state index contributed by atoms with van der Waals surface area (Å²) in [7, 11) is 1.43. The first-order chi connectivity index (χ1) is 8.11. The lowest BCUT2D eigenvalue weighted by Gasteiger charge is -2.14. The molecule has 1 fully saturated rings. The van der Waals surface area contributed by atoms with E-state index in [1.165, 1.54) is 20.0 Å². The number of amides is 2. The monoisotopic (exact) mass is 244 g/mol. The van der Waals surface area contributed by atoms with E-state index in [2.05, 4.69) is 10.6 Å². The number of hydrogen-bond donors (Lipinski definition) is 3. The number of nitrogens with one attached hydrogen (secondary N) is 2. The first-order valence-electron chi connectivity index (χ1n) is 5.88. The third kappa shape index (κ3) is 6.78. The van der Waals surface area contributed by atoms with Crippen LogP contribution in [0.2, 0.25) is 0 Å². The van der Waals surface area contributed by atoms with Crippen molar-refractivity contribution in [2.45, 2.75) is 31.8 Å². The summed E-state index contributed by atoms with van der Waals surface area (Å²) in [5.74, 6) is -0.151. The number of rotatable bonds is 8. The molecule has 0 saturated heterocycles. The molecule has 0 radical (unpaired) electrons. The third-order valence-corrected chi connectivity index (χ3v) is 2.76. The molecule has 0 heterocycles. The highest BCUT2D eigenvalue weighted by atomic mass is 16.5. The van der Waals surface area contributed by atoms with Gasteiger partial charge in [-0.2, -0.15) is 0 Å². The lowest BCUT2D eigenvalue weighted by atomic mass is 10.2. The quantitative estimate of drug-likeness (QED) is 0.582. The zero-order chi connectivity index (χ0) is 12.7. The van der Waals surface area contributed by atoms with Gasteiger partial charge < -0.3 is 20.5 Å². The van der Waals surface area contributed by atoms with Crippen LogP contribution in [-0.2, 0) is 9.53 Å². The zero-order valence-electron chi connectivity index (χ0n) is 10.1. The smallest absolute Gasteiger partial charge is 0.314 e. The Bertz CT molecular complexity index is 266. The third-order valence-electron chi connectivity index (χ3n) is 2.76. The Morgan fingerprint density at radius 2 is 2.12 bits per heavy atom. The molecule has 0 aromatic rings. The summed E-state index contributed by atoms with van der Waals surface area (Å²) in [6.45, 7) is 0.880. The molecule has 1 rings (SSSR count). The Labute approximate surface area is 101 Å². The van der Waals surface area contributed by atoms with Gasteiger partial charge in [-0.05, 0) is 12.3 Å². The lowest BCUT2D eigenvalue weighted by molar-refractivity contribution is -0.139. The van der Waals surface area contributed by atoms with E-state index >= 15 is 0 Å². The Morgan fingerprint density at radius 3 is 2.65 bits per heavy atom. The van der Waals surface area contributed by atoms with Crippen molar-refractivity contribution in [2.24, 2.45) is 5.92 Å². The highest BCUT2D eigenvalue weighted by Gasteiger charge is 2.20. The molecular weight excluding hydrogens is 224 g/mol. The normalized spacial score (nSPS) is 16.3. The van der Waals surface area contributed by atoms with Gasteiger partial charge in [0, 0.05) is 20.2 Å². The molecule has 0 aromatic carbocycles. The second-order valence-corrected chi connectivity index (χ2v) is 4.32. The van der Waals surface area contributed by atoms with Crippen molar-refractivity contribution in [1.29, 1.82) is 0 Å². The van der Waals surface area contributed by atoms with Crippen LogP contribution in [0.5, 0.6) is 0 Å². The van der Waals surface area contributed by atoms with Gasteiger partial charge in [0.15, 0.2) is 0 Å². The van der Waals surface area contributed by atoms with Gasteiger partial charge in [-0.3, -0.25) is 4.79 Å². The minimum atomic E-state index is -0.937. The summed E-state index contributed by atoms with van der Waals surface area (Å²) in [4.78, 5) is 21.8. The van der Waals surface area contributed by atoms with Crippen LogP contribution >= 0.6 is 0 Å². The molecule has 6 nitrogen and oxygen atoms in total. The summed E-state index contributed by atoms with van der Waals surface area (Å²) < 4.78 is 4.94. The number of urea groups is 1. The molecule has 0 aromatic heterocycles. The van der Waals surface area contributed by atoms with Crippen molar-refractivity contribution in [2.75, 3.05) is 20.2 Å². The molecule has 1 aliphatic carbocycles. The number of aliphatic carboxylic acids is 1. The molecule has 3 N–H and O–H groups in total. The number of carbonyl (C=O) groups excluding carboxylic acids is 1. The number of carbonyl (C=O) groups is 2. The Morgan fingerprint density at radius 1 is 1.41 bits per heavy atom. The van der Waals surface area contributed by atoms with Crippen LogP contribution < -0.4 is 10.6 Å². The summed E-state index contributed by atoms with van der Waals surface area (Å²) in [6, 6.07) is -0.266. The summed E-state index contributed by atoms with van der Waals surface area (Å²) >= 11 is 0. The minimum absolute atomic E-state index is 0.112. The number of methoxy groups -OCH3 is 1. The van der Waals surface area contributed by atoms with Gasteiger partial charge in [0.1, 0.15) is 0 Å². The van der Waals surface area contributed by atoms with Crippen LogP contribution in [0.15, 0.2) is 0 Å². The lowest BCUT2D eigenvalue weighted by Crippen LogP contribution is -2.41. The van der Waals surface area contributed by atoms with Crippen LogP contribution in [0.25, 0.3) is 0 Å². The standard InChI is InChI=1S/C11H20N2O4/c1-17-9(6-10(14)15)7-13-11(16)12-5-4-8-2-3-8/h8-9H,2-7H2,1H3,(H,14,15)(H2,12,13,16). The van der Waals surface area contributed by atoms with Crippen LogP contribution in [0.3, 0.4) is 0 Å². The SMILES string of the molecule is COC(CNC(=O)NCCC1CC1)CC(=O)O. The molecule has 17 heavy (non-hydrogen) atoms. The maximum Gasteiger partial charge on any atom is 0.314 e. The molecule has 1 aliphatic rings. The van der Waals surface area contributed by atoms with Crippen molar-refractivity contribution in [3.8, 4) is 0 Å². The van der Waals surface area contributed by atoms with E-state index in [4.69, 9.17) is 9.84 Å². The predicted molar refractivity (Wildman–Crippen MR) is 61.8 cm³/mol. The fraction of sp³-hybridized carbons (Fsp3) is 0.818. The Kier molecular flexibility index (Phi) is 5.76. The maximum absolute atomic E-state index is 11.3. The van der Waals surface area contributed by atoms with Gasteiger partial charge in [0.2, 0.25) is 0 Å². The summed E-state index contributed by atoms with van der Waals surface area (Å²) in [5.41, 5.74) is 0. The van der Waals surface area contributed by atoms with E-state index in [1.807, 2.05) is 0 Å². The summed E-state index contributed by atoms with van der Waals surface area (Å²) in [6.07, 6.45) is 2.97. The number of ether oxygens (including phenoxy) is 1. The van der Waals surface area contributed by atoms with Gasteiger partial charge in [0.05, 0.1) is 12.5 Å². The molecular formula is C11H20N2O4. The van der Waals surface area contributed by atoms with Crippen molar-refractivity contribution in [1.82, 2.24) is 10.6 Å². The van der Waals surface area contributed by atoms with Crippen LogP contribution in [0, 0.1) is 5.92 Å². The molecule has 1 saturated carbocycles. The fourth-order valence-corrected chi connectivity index (χ4v) is 1.50. The second kappa shape index (κ2) is 7.11. The largest absolute Gasteiger partial charge is 0.481 e. The Balaban J connectivity index is 2.05. The number of hydrogen-bond acceptors (Lipinski definition) is 3. The molecule has 0 spiro atoms. The molecule has 6 heteroatoms. The van der Waals surface area contributed by atoms with Crippen molar-refractivity contribution < 1.29 is 19.4 Å². The van der Waals surface area contributed by atoms with Gasteiger partial charge in [0.25, 0.3) is 0 Å². The maximum atomic E-state index is 11.3. The van der Waals surface area contributed by atoms with E-state index < -0.39 is 12.1 Å². The molecule has 2 amide bonds. The molecule has 0 aliphatic heterocycles. The molecule has 98 valence electrons. The summed E-state index contributed by atoms with van der Waals surface area (Å²) in [5, 5.41) is 13.9. The second-order valence-electron chi connectivity index (χ2n) is 4.32.